The van der Waals surface area contributed by atoms with E-state index >= 15 is 0 Å². The number of hydrogen-bond acceptors (Lipinski definition) is 6. The van der Waals surface area contributed by atoms with Gasteiger partial charge in [0, 0.05) is 53.4 Å². The molecule has 0 saturated heterocycles. The van der Waals surface area contributed by atoms with Crippen molar-refractivity contribution in [3.63, 3.8) is 0 Å². The molecule has 0 saturated carbocycles. The largest absolute Gasteiger partial charge is 0.385 e. The second kappa shape index (κ2) is 11.0. The fourth-order valence-electron chi connectivity index (χ4n) is 4.48. The Morgan fingerprint density at radius 3 is 2.53 bits per heavy atom. The van der Waals surface area contributed by atoms with Gasteiger partial charge in [-0.05, 0) is 78.7 Å². The summed E-state index contributed by atoms with van der Waals surface area (Å²) in [4.78, 5) is 14.4. The minimum atomic E-state index is -0.480. The zero-order chi connectivity index (χ0) is 25.3. The summed E-state index contributed by atoms with van der Waals surface area (Å²) < 4.78 is 16.4. The number of para-hydroxylation sites is 1. The molecule has 8 heteroatoms. The van der Waals surface area contributed by atoms with Crippen LogP contribution in [-0.2, 0) is 7.05 Å². The lowest BCUT2D eigenvalue weighted by Crippen LogP contribution is -2.20. The van der Waals surface area contributed by atoms with Crippen LogP contribution in [0, 0.1) is 18.2 Å². The van der Waals surface area contributed by atoms with Crippen molar-refractivity contribution in [2.24, 2.45) is 12.2 Å². The monoisotopic (exact) mass is 505 g/mol. The van der Waals surface area contributed by atoms with Gasteiger partial charge < -0.3 is 20.6 Å². The third-order valence-electron chi connectivity index (χ3n) is 6.21. The molecule has 0 aliphatic heterocycles. The number of fused-ring (bicyclic) bond motifs is 1. The third-order valence-corrected chi connectivity index (χ3v) is 6.82. The van der Waals surface area contributed by atoms with Gasteiger partial charge in [0.2, 0.25) is 0 Å². The number of anilines is 2. The van der Waals surface area contributed by atoms with E-state index < -0.39 is 5.82 Å². The van der Waals surface area contributed by atoms with Crippen molar-refractivity contribution in [1.29, 1.82) is 5.41 Å². The molecule has 1 atom stereocenters. The van der Waals surface area contributed by atoms with E-state index in [1.54, 1.807) is 20.2 Å². The van der Waals surface area contributed by atoms with Crippen molar-refractivity contribution in [2.75, 3.05) is 17.7 Å². The maximum atomic E-state index is 14.8. The summed E-state index contributed by atoms with van der Waals surface area (Å²) in [6, 6.07) is 16.7. The highest BCUT2D eigenvalue weighted by Crippen LogP contribution is 2.33. The number of nitrogens with zero attached hydrogens (tertiary/aromatic N) is 1. The minimum Gasteiger partial charge on any atom is -0.385 e. The molecule has 4 rings (SSSR count). The van der Waals surface area contributed by atoms with Crippen molar-refractivity contribution in [3.05, 3.63) is 87.5 Å². The molecule has 1 heterocycles. The first-order chi connectivity index (χ1) is 16.8. The Bertz CT molecular complexity index is 1500. The first-order valence-electron chi connectivity index (χ1n) is 11.2. The summed E-state index contributed by atoms with van der Waals surface area (Å²) in [5.74, 6) is -0.480. The van der Waals surface area contributed by atoms with Gasteiger partial charge in [0.15, 0.2) is 0 Å². The molecular weight excluding hydrogens is 473 g/mol. The number of halogens is 1. The van der Waals surface area contributed by atoms with E-state index in [4.69, 9.17) is 10.5 Å². The Morgan fingerprint density at radius 2 is 1.86 bits per heavy atom. The van der Waals surface area contributed by atoms with Gasteiger partial charge in [0.25, 0.3) is 5.56 Å². The highest BCUT2D eigenvalue weighted by atomic mass is 32.2. The fourth-order valence-corrected chi connectivity index (χ4v) is 4.89. The smallest absolute Gasteiger partial charge is 0.258 e. The first-order valence-corrected chi connectivity index (χ1v) is 12.1. The fraction of sp³-hybridized carbons (Fsp3) is 0.214. The number of aromatic nitrogens is 1. The van der Waals surface area contributed by atoms with Gasteiger partial charge in [-0.25, -0.2) is 4.39 Å². The maximum absolute atomic E-state index is 14.8. The molecule has 4 aromatic rings. The molecule has 5 N–H and O–H groups in total. The number of aryl methyl sites for hydroxylation is 1. The number of pyridine rings is 1. The number of nitrogens with two attached hydrogens (primary N) is 1. The Labute approximate surface area is 215 Å². The average Bonchev–Trinajstić information content (AvgIpc) is 2.85. The minimum absolute atomic E-state index is 0. The van der Waals surface area contributed by atoms with E-state index in [1.165, 1.54) is 22.6 Å². The molecule has 188 valence electrons. The SMILES string of the molecule is C.CNc1c(F)cc(-c2cc3c(C(C)Nc4ccccc4SN)cc(C)cc3c(=O)n2C)cc1C=N. The summed E-state index contributed by atoms with van der Waals surface area (Å²) >= 11 is 1.18. The summed E-state index contributed by atoms with van der Waals surface area (Å²) in [5, 5.41) is 21.3. The Morgan fingerprint density at radius 1 is 1.14 bits per heavy atom. The van der Waals surface area contributed by atoms with Crippen LogP contribution in [-0.4, -0.2) is 17.8 Å². The average molecular weight is 506 g/mol. The lowest BCUT2D eigenvalue weighted by Gasteiger charge is -2.21. The zero-order valence-electron chi connectivity index (χ0n) is 20.1. The molecule has 0 aliphatic rings. The summed E-state index contributed by atoms with van der Waals surface area (Å²) in [6.45, 7) is 4.01. The van der Waals surface area contributed by atoms with Crippen molar-refractivity contribution < 1.29 is 4.39 Å². The van der Waals surface area contributed by atoms with Crippen LogP contribution < -0.4 is 21.3 Å². The Hall–Kier alpha value is -3.62. The van der Waals surface area contributed by atoms with Gasteiger partial charge in [-0.3, -0.25) is 9.93 Å². The van der Waals surface area contributed by atoms with Gasteiger partial charge >= 0.3 is 0 Å². The van der Waals surface area contributed by atoms with E-state index in [2.05, 4.69) is 16.7 Å². The number of hydrogen-bond donors (Lipinski definition) is 4. The number of benzene rings is 3. The second-order valence-electron chi connectivity index (χ2n) is 8.51. The van der Waals surface area contributed by atoms with Crippen molar-refractivity contribution in [3.8, 4) is 11.3 Å². The van der Waals surface area contributed by atoms with Gasteiger partial charge in [-0.2, -0.15) is 0 Å². The number of nitrogens with one attached hydrogen (secondary N) is 3. The summed E-state index contributed by atoms with van der Waals surface area (Å²) in [6.07, 6.45) is 1.10. The molecule has 3 aromatic carbocycles. The lowest BCUT2D eigenvalue weighted by atomic mass is 9.95. The highest BCUT2D eigenvalue weighted by Gasteiger charge is 2.18. The molecule has 1 aromatic heterocycles. The van der Waals surface area contributed by atoms with Gasteiger partial charge in [-0.15, -0.1) is 0 Å². The lowest BCUT2D eigenvalue weighted by molar-refractivity contribution is 0.631. The van der Waals surface area contributed by atoms with Crippen LogP contribution in [0.25, 0.3) is 22.0 Å². The van der Waals surface area contributed by atoms with Crippen LogP contribution in [0.3, 0.4) is 0 Å². The standard InChI is InChI=1S/C27H28FN5OS.CH4/c1-15-9-19(16(2)32-23-7-5-6-8-25(23)35-30)20-13-24(33(4)27(34)21(20)10-15)17-11-18(14-29)26(31-3)22(28)12-17;/h5-14,16,29,31-32H,30H2,1-4H3;1H4. The molecule has 1 unspecified atom stereocenters. The molecule has 0 aliphatic carbocycles. The molecule has 6 nitrogen and oxygen atoms in total. The van der Waals surface area contributed by atoms with E-state index in [0.717, 1.165) is 33.3 Å². The van der Waals surface area contributed by atoms with Crippen LogP contribution in [0.2, 0.25) is 0 Å². The Balaban J connectivity index is 0.00000361. The van der Waals surface area contributed by atoms with E-state index in [-0.39, 0.29) is 24.7 Å². The molecule has 0 fully saturated rings. The molecule has 0 spiro atoms. The first kappa shape index (κ1) is 27.0. The van der Waals surface area contributed by atoms with Crippen molar-refractivity contribution in [1.82, 2.24) is 4.57 Å². The predicted octanol–water partition coefficient (Wildman–Crippen LogP) is 6.47. The van der Waals surface area contributed by atoms with Gasteiger partial charge in [-0.1, -0.05) is 25.6 Å². The van der Waals surface area contributed by atoms with Crippen LogP contribution >= 0.6 is 11.9 Å². The van der Waals surface area contributed by atoms with Crippen LogP contribution in [0.15, 0.2) is 64.3 Å². The summed E-state index contributed by atoms with van der Waals surface area (Å²) in [7, 11) is 3.30. The van der Waals surface area contributed by atoms with Crippen LogP contribution in [0.1, 0.15) is 37.1 Å². The van der Waals surface area contributed by atoms with Crippen molar-refractivity contribution in [2.45, 2.75) is 32.2 Å². The van der Waals surface area contributed by atoms with Gasteiger partial charge in [0.1, 0.15) is 5.82 Å². The van der Waals surface area contributed by atoms with Crippen LogP contribution in [0.5, 0.6) is 0 Å². The normalized spacial score (nSPS) is 11.6. The van der Waals surface area contributed by atoms with E-state index in [9.17, 15) is 9.18 Å². The quantitative estimate of drug-likeness (QED) is 0.171. The summed E-state index contributed by atoms with van der Waals surface area (Å²) in [5.41, 5.74) is 4.43. The molecular formula is C28H32FN5OS. The van der Waals surface area contributed by atoms with Crippen molar-refractivity contribution >= 4 is 40.3 Å². The molecule has 36 heavy (non-hydrogen) atoms. The topological polar surface area (TPSA) is 95.9 Å². The second-order valence-corrected chi connectivity index (χ2v) is 9.18. The van der Waals surface area contributed by atoms with E-state index in [0.29, 0.717) is 22.2 Å². The number of rotatable bonds is 7. The van der Waals surface area contributed by atoms with Gasteiger partial charge in [0.05, 0.1) is 11.4 Å². The maximum Gasteiger partial charge on any atom is 0.258 e. The molecule has 0 bridgehead atoms. The molecule has 0 radical (unpaired) electrons. The zero-order valence-corrected chi connectivity index (χ0v) is 20.9. The molecule has 0 amide bonds. The highest BCUT2D eigenvalue weighted by molar-refractivity contribution is 7.97. The Kier molecular flexibility index (Phi) is 8.22. The predicted molar refractivity (Wildman–Crippen MR) is 152 cm³/mol. The van der Waals surface area contributed by atoms with Crippen LogP contribution in [0.4, 0.5) is 15.8 Å². The third kappa shape index (κ3) is 4.87. The van der Waals surface area contributed by atoms with E-state index in [1.807, 2.05) is 50.2 Å².